The monoisotopic (exact) mass is 510 g/mol. The zero-order valence-corrected chi connectivity index (χ0v) is 21.8. The zero-order chi connectivity index (χ0) is 26.7. The fourth-order valence-electron chi connectivity index (χ4n) is 6.32. The van der Waals surface area contributed by atoms with Crippen molar-refractivity contribution in [2.75, 3.05) is 19.8 Å². The highest BCUT2D eigenvalue weighted by atomic mass is 16.6. The first-order chi connectivity index (χ1) is 17.8. The van der Waals surface area contributed by atoms with Crippen molar-refractivity contribution in [2.45, 2.75) is 63.4 Å². The third kappa shape index (κ3) is 4.73. The highest BCUT2D eigenvalue weighted by molar-refractivity contribution is 5.98. The Morgan fingerprint density at radius 3 is 2.62 bits per heavy atom. The van der Waals surface area contributed by atoms with Crippen molar-refractivity contribution < 1.29 is 29.0 Å². The van der Waals surface area contributed by atoms with Crippen LogP contribution in [0.15, 0.2) is 55.6 Å². The van der Waals surface area contributed by atoms with E-state index in [1.54, 1.807) is 17.1 Å². The van der Waals surface area contributed by atoms with Gasteiger partial charge in [0.1, 0.15) is 11.6 Å². The second-order valence-electron chi connectivity index (χ2n) is 10.5. The lowest BCUT2D eigenvalue weighted by molar-refractivity contribution is -0.157. The van der Waals surface area contributed by atoms with Crippen molar-refractivity contribution in [1.29, 1.82) is 0 Å². The summed E-state index contributed by atoms with van der Waals surface area (Å²) < 4.78 is 12.0. The second-order valence-corrected chi connectivity index (χ2v) is 10.5. The van der Waals surface area contributed by atoms with Crippen molar-refractivity contribution in [3.05, 3.63) is 61.2 Å². The summed E-state index contributed by atoms with van der Waals surface area (Å²) in [6, 6.07) is 8.08. The van der Waals surface area contributed by atoms with E-state index in [0.29, 0.717) is 25.8 Å². The van der Waals surface area contributed by atoms with Gasteiger partial charge in [0.25, 0.3) is 0 Å². The van der Waals surface area contributed by atoms with Gasteiger partial charge in [0, 0.05) is 13.1 Å². The number of carbonyl (C=O) groups excluding carboxylic acids is 3. The maximum Gasteiger partial charge on any atom is 0.312 e. The summed E-state index contributed by atoms with van der Waals surface area (Å²) in [7, 11) is 0. The topological polar surface area (TPSA) is 96.4 Å². The van der Waals surface area contributed by atoms with Crippen LogP contribution in [0.25, 0.3) is 0 Å². The molecule has 1 aromatic carbocycles. The van der Waals surface area contributed by atoms with Crippen LogP contribution in [0.3, 0.4) is 0 Å². The van der Waals surface area contributed by atoms with Gasteiger partial charge >= 0.3 is 5.97 Å². The van der Waals surface area contributed by atoms with E-state index >= 15 is 0 Å². The summed E-state index contributed by atoms with van der Waals surface area (Å²) >= 11 is 0. The molecule has 0 radical (unpaired) electrons. The Kier molecular flexibility index (Phi) is 8.19. The molecule has 4 rings (SSSR count). The van der Waals surface area contributed by atoms with Crippen LogP contribution in [-0.2, 0) is 30.4 Å². The Labute approximate surface area is 218 Å². The Hall–Kier alpha value is -2.97. The number of ether oxygens (including phenoxy) is 2. The number of amides is 2. The Bertz CT molecular complexity index is 1030. The Morgan fingerprint density at radius 2 is 2.00 bits per heavy atom. The summed E-state index contributed by atoms with van der Waals surface area (Å²) in [5.41, 5.74) is -0.190. The van der Waals surface area contributed by atoms with Crippen LogP contribution in [0, 0.1) is 17.8 Å². The molecule has 3 aliphatic heterocycles. The lowest BCUT2D eigenvalue weighted by atomic mass is 9.70. The predicted molar refractivity (Wildman–Crippen MR) is 138 cm³/mol. The number of nitrogens with zero attached hydrogens (tertiary/aromatic N) is 2. The molecule has 8 heteroatoms. The summed E-state index contributed by atoms with van der Waals surface area (Å²) in [5.74, 6) is -2.78. The van der Waals surface area contributed by atoms with Gasteiger partial charge in [-0.25, -0.2) is 0 Å². The molecule has 3 heterocycles. The summed E-state index contributed by atoms with van der Waals surface area (Å²) in [4.78, 5) is 44.8. The van der Waals surface area contributed by atoms with Gasteiger partial charge in [-0.3, -0.25) is 14.4 Å². The highest BCUT2D eigenvalue weighted by Gasteiger charge is 2.75. The van der Waals surface area contributed by atoms with Crippen molar-refractivity contribution in [3.8, 4) is 0 Å². The van der Waals surface area contributed by atoms with Crippen LogP contribution in [0.1, 0.15) is 38.7 Å². The van der Waals surface area contributed by atoms with E-state index in [9.17, 15) is 19.5 Å². The number of carbonyl (C=O) groups is 3. The lowest BCUT2D eigenvalue weighted by Gasteiger charge is -2.40. The SMILES string of the molecule is C=CCCOC(=O)[C@@H]1[C@H]2C(=O)N([C@@H](CO)C(C)C)C(C(=O)N(CC=C)Cc3ccccc3)C23CC[C@H]1O3. The van der Waals surface area contributed by atoms with Crippen LogP contribution >= 0.6 is 0 Å². The molecular weight excluding hydrogens is 472 g/mol. The number of esters is 1. The van der Waals surface area contributed by atoms with Gasteiger partial charge < -0.3 is 24.4 Å². The fourth-order valence-corrected chi connectivity index (χ4v) is 6.32. The lowest BCUT2D eigenvalue weighted by Crippen LogP contribution is -2.59. The van der Waals surface area contributed by atoms with Crippen molar-refractivity contribution in [2.24, 2.45) is 17.8 Å². The number of hydrogen-bond acceptors (Lipinski definition) is 6. The van der Waals surface area contributed by atoms with Crippen molar-refractivity contribution in [3.63, 3.8) is 0 Å². The number of aliphatic hydroxyl groups excluding tert-OH is 1. The Balaban J connectivity index is 1.73. The third-order valence-electron chi connectivity index (χ3n) is 8.00. The quantitative estimate of drug-likeness (QED) is 0.264. The molecule has 0 aromatic heterocycles. The van der Waals surface area contributed by atoms with Crippen LogP contribution in [0.2, 0.25) is 0 Å². The molecule has 2 amide bonds. The molecule has 2 unspecified atom stereocenters. The van der Waals surface area contributed by atoms with Crippen LogP contribution < -0.4 is 0 Å². The highest BCUT2D eigenvalue weighted by Crippen LogP contribution is 2.59. The minimum atomic E-state index is -1.14. The third-order valence-corrected chi connectivity index (χ3v) is 8.00. The average Bonchev–Trinajstić information content (AvgIpc) is 3.52. The molecule has 3 aliphatic rings. The van der Waals surface area contributed by atoms with Crippen molar-refractivity contribution >= 4 is 17.8 Å². The van der Waals surface area contributed by atoms with E-state index < -0.39 is 41.6 Å². The summed E-state index contributed by atoms with van der Waals surface area (Å²) in [5, 5.41) is 10.3. The number of rotatable bonds is 12. The van der Waals surface area contributed by atoms with E-state index in [0.717, 1.165) is 5.56 Å². The molecule has 0 aliphatic carbocycles. The number of fused-ring (bicyclic) bond motifs is 1. The molecular formula is C29H38N2O6. The van der Waals surface area contributed by atoms with Crippen LogP contribution in [-0.4, -0.2) is 76.2 Å². The minimum absolute atomic E-state index is 0.114. The predicted octanol–water partition coefficient (Wildman–Crippen LogP) is 2.71. The number of aliphatic hydroxyl groups is 1. The average molecular weight is 511 g/mol. The number of benzene rings is 1. The Morgan fingerprint density at radius 1 is 1.27 bits per heavy atom. The van der Waals surface area contributed by atoms with Gasteiger partial charge in [0.15, 0.2) is 0 Å². The molecule has 2 bridgehead atoms. The maximum absolute atomic E-state index is 14.3. The fraction of sp³-hybridized carbons (Fsp3) is 0.552. The second kappa shape index (κ2) is 11.2. The normalized spacial score (nSPS) is 28.8. The van der Waals surface area contributed by atoms with Crippen molar-refractivity contribution in [1.82, 2.24) is 9.80 Å². The van der Waals surface area contributed by atoms with Gasteiger partial charge in [-0.2, -0.15) is 0 Å². The maximum atomic E-state index is 14.3. The molecule has 1 N–H and O–H groups in total. The first-order valence-corrected chi connectivity index (χ1v) is 13.1. The van der Waals surface area contributed by atoms with Gasteiger partial charge in [0.2, 0.25) is 11.8 Å². The van der Waals surface area contributed by atoms with Gasteiger partial charge in [-0.15, -0.1) is 13.2 Å². The van der Waals surface area contributed by atoms with E-state index in [1.165, 1.54) is 4.90 Å². The smallest absolute Gasteiger partial charge is 0.312 e. The molecule has 8 nitrogen and oxygen atoms in total. The first kappa shape index (κ1) is 27.1. The van der Waals surface area contributed by atoms with E-state index in [4.69, 9.17) is 9.47 Å². The van der Waals surface area contributed by atoms with E-state index in [1.807, 2.05) is 44.2 Å². The van der Waals surface area contributed by atoms with Crippen LogP contribution in [0.4, 0.5) is 0 Å². The zero-order valence-electron chi connectivity index (χ0n) is 21.8. The standard InChI is InChI=1S/C29H38N2O6/c1-5-7-16-36-28(35)23-22-13-14-29(37-22)24(23)26(33)31(21(18-32)19(3)4)25(29)27(34)30(15-6-2)17-20-11-9-8-10-12-20/h5-6,8-12,19,21-25,32H,1-2,7,13-18H2,3-4H3/t21-,22+,23-,24-,25?,29?/m0/s1. The largest absolute Gasteiger partial charge is 0.465 e. The van der Waals surface area contributed by atoms with E-state index in [-0.39, 0.29) is 37.5 Å². The first-order valence-electron chi connectivity index (χ1n) is 13.1. The molecule has 6 atom stereocenters. The van der Waals surface area contributed by atoms with Crippen LogP contribution in [0.5, 0.6) is 0 Å². The molecule has 200 valence electrons. The van der Waals surface area contributed by atoms with Gasteiger partial charge in [-0.05, 0) is 30.7 Å². The summed E-state index contributed by atoms with van der Waals surface area (Å²) in [6.07, 6.45) is 4.41. The molecule has 3 fully saturated rings. The minimum Gasteiger partial charge on any atom is -0.465 e. The van der Waals surface area contributed by atoms with Gasteiger partial charge in [0.05, 0.1) is 37.2 Å². The summed E-state index contributed by atoms with van der Waals surface area (Å²) in [6.45, 7) is 11.8. The molecule has 0 saturated carbocycles. The molecule has 3 saturated heterocycles. The number of hydrogen-bond donors (Lipinski definition) is 1. The molecule has 37 heavy (non-hydrogen) atoms. The molecule has 1 spiro atoms. The van der Waals surface area contributed by atoms with E-state index in [2.05, 4.69) is 13.2 Å². The van der Waals surface area contributed by atoms with Gasteiger partial charge in [-0.1, -0.05) is 56.3 Å². The number of likely N-dealkylation sites (tertiary alicyclic amines) is 1. The molecule has 1 aromatic rings.